The normalized spacial score (nSPS) is 12.5. The number of thiophene rings is 1. The number of nitrogens with one attached hydrogen (secondary N) is 2. The average molecular weight is 447 g/mol. The van der Waals surface area contributed by atoms with Gasteiger partial charge in [0.05, 0.1) is 24.8 Å². The first-order valence-electron chi connectivity index (χ1n) is 9.57. The molecule has 30 heavy (non-hydrogen) atoms. The third-order valence-electron chi connectivity index (χ3n) is 4.65. The molecule has 2 N–H and O–H groups in total. The number of ether oxygens (including phenoxy) is 2. The number of thiocarbonyl (C=S) groups is 1. The number of carbonyl (C=O) groups is 3. The van der Waals surface area contributed by atoms with Gasteiger partial charge in [0.1, 0.15) is 5.00 Å². The van der Waals surface area contributed by atoms with Crippen molar-refractivity contribution < 1.29 is 23.9 Å². The molecule has 1 aromatic heterocycles. The fourth-order valence-corrected chi connectivity index (χ4v) is 4.83. The van der Waals surface area contributed by atoms with Gasteiger partial charge in [-0.25, -0.2) is 9.59 Å². The van der Waals surface area contributed by atoms with Gasteiger partial charge in [0.2, 0.25) is 0 Å². The molecule has 1 amide bonds. The van der Waals surface area contributed by atoms with Crippen LogP contribution in [0.1, 0.15) is 61.3 Å². The molecular weight excluding hydrogens is 424 g/mol. The first-order valence-corrected chi connectivity index (χ1v) is 10.8. The molecule has 3 rings (SSSR count). The van der Waals surface area contributed by atoms with Crippen molar-refractivity contribution in [1.29, 1.82) is 0 Å². The highest BCUT2D eigenvalue weighted by atomic mass is 32.1. The topological polar surface area (TPSA) is 93.7 Å². The average Bonchev–Trinajstić information content (AvgIpc) is 3.11. The summed E-state index contributed by atoms with van der Waals surface area (Å²) in [6, 6.07) is 6.14. The molecule has 158 valence electrons. The molecule has 0 unspecified atom stereocenters. The molecular formula is C21H22N2O5S2. The van der Waals surface area contributed by atoms with Gasteiger partial charge in [-0.3, -0.25) is 10.1 Å². The number of hydrogen-bond donors (Lipinski definition) is 2. The molecule has 0 spiro atoms. The van der Waals surface area contributed by atoms with Crippen molar-refractivity contribution in [1.82, 2.24) is 5.32 Å². The molecule has 0 bridgehead atoms. The minimum absolute atomic E-state index is 0.0626. The minimum Gasteiger partial charge on any atom is -0.465 e. The molecule has 0 atom stereocenters. The number of hydrogen-bond acceptors (Lipinski definition) is 7. The molecule has 0 aliphatic heterocycles. The Balaban J connectivity index is 1.76. The first kappa shape index (κ1) is 21.9. The number of esters is 2. The van der Waals surface area contributed by atoms with Crippen molar-refractivity contribution in [2.75, 3.05) is 19.0 Å². The van der Waals surface area contributed by atoms with E-state index in [1.807, 2.05) is 0 Å². The Kier molecular flexibility index (Phi) is 7.17. The van der Waals surface area contributed by atoms with E-state index in [4.69, 9.17) is 17.0 Å². The highest BCUT2D eigenvalue weighted by molar-refractivity contribution is 7.80. The van der Waals surface area contributed by atoms with E-state index in [-0.39, 0.29) is 28.8 Å². The number of carbonyl (C=O) groups excluding carboxylic acids is 3. The van der Waals surface area contributed by atoms with Crippen LogP contribution in [0.3, 0.4) is 0 Å². The summed E-state index contributed by atoms with van der Waals surface area (Å²) >= 11 is 6.76. The van der Waals surface area contributed by atoms with Gasteiger partial charge in [0, 0.05) is 10.4 Å². The largest absolute Gasteiger partial charge is 0.465 e. The molecule has 9 heteroatoms. The quantitative estimate of drug-likeness (QED) is 0.534. The number of anilines is 1. The van der Waals surface area contributed by atoms with Gasteiger partial charge in [-0.2, -0.15) is 0 Å². The van der Waals surface area contributed by atoms with E-state index in [0.717, 1.165) is 36.1 Å². The fourth-order valence-electron chi connectivity index (χ4n) is 3.29. The number of amides is 1. The summed E-state index contributed by atoms with van der Waals surface area (Å²) in [6.07, 6.45) is 3.83. The van der Waals surface area contributed by atoms with Gasteiger partial charge in [-0.15, -0.1) is 11.3 Å². The Morgan fingerprint density at radius 1 is 1.13 bits per heavy atom. The number of fused-ring (bicyclic) bond motifs is 1. The second-order valence-electron chi connectivity index (χ2n) is 6.62. The lowest BCUT2D eigenvalue weighted by molar-refractivity contribution is 0.0525. The predicted molar refractivity (Wildman–Crippen MR) is 118 cm³/mol. The summed E-state index contributed by atoms with van der Waals surface area (Å²) in [5, 5.41) is 6.21. The Bertz CT molecular complexity index is 999. The fraction of sp³-hybridized carbons (Fsp3) is 0.333. The lowest BCUT2D eigenvalue weighted by atomic mass is 9.95. The Hall–Kier alpha value is -2.78. The predicted octanol–water partition coefficient (Wildman–Crippen LogP) is 3.72. The lowest BCUT2D eigenvalue weighted by Crippen LogP contribution is -2.34. The minimum atomic E-state index is -0.534. The monoisotopic (exact) mass is 446 g/mol. The molecule has 1 aliphatic carbocycles. The second kappa shape index (κ2) is 9.82. The van der Waals surface area contributed by atoms with Crippen LogP contribution in [0.15, 0.2) is 24.3 Å². The van der Waals surface area contributed by atoms with E-state index in [2.05, 4.69) is 15.4 Å². The van der Waals surface area contributed by atoms with Gasteiger partial charge < -0.3 is 14.8 Å². The first-order chi connectivity index (χ1) is 14.4. The summed E-state index contributed by atoms with van der Waals surface area (Å²) in [5.41, 5.74) is 2.03. The zero-order valence-corrected chi connectivity index (χ0v) is 18.3. The molecule has 0 radical (unpaired) electrons. The summed E-state index contributed by atoms with van der Waals surface area (Å²) in [6.45, 7) is 2.04. The Labute approximate surface area is 183 Å². The van der Waals surface area contributed by atoms with Crippen LogP contribution in [-0.2, 0) is 22.3 Å². The highest BCUT2D eigenvalue weighted by Gasteiger charge is 2.27. The van der Waals surface area contributed by atoms with Crippen LogP contribution in [-0.4, -0.2) is 36.7 Å². The van der Waals surface area contributed by atoms with E-state index in [0.29, 0.717) is 10.6 Å². The van der Waals surface area contributed by atoms with Crippen LogP contribution in [0, 0.1) is 0 Å². The summed E-state index contributed by atoms with van der Waals surface area (Å²) in [4.78, 5) is 37.9. The zero-order valence-electron chi connectivity index (χ0n) is 16.7. The van der Waals surface area contributed by atoms with Crippen LogP contribution < -0.4 is 10.6 Å². The van der Waals surface area contributed by atoms with Crippen molar-refractivity contribution in [2.45, 2.75) is 32.6 Å². The molecule has 1 aliphatic rings. The van der Waals surface area contributed by atoms with Crippen molar-refractivity contribution in [2.24, 2.45) is 0 Å². The van der Waals surface area contributed by atoms with Gasteiger partial charge >= 0.3 is 11.9 Å². The van der Waals surface area contributed by atoms with E-state index in [1.165, 1.54) is 24.5 Å². The second-order valence-corrected chi connectivity index (χ2v) is 8.13. The zero-order chi connectivity index (χ0) is 21.7. The van der Waals surface area contributed by atoms with Crippen LogP contribution in [0.4, 0.5) is 5.00 Å². The van der Waals surface area contributed by atoms with E-state index >= 15 is 0 Å². The maximum Gasteiger partial charge on any atom is 0.341 e. The SMILES string of the molecule is CCOC(=O)c1c(NC(=S)NC(=O)c2cccc(C(=O)OC)c2)sc2c1CCCC2. The van der Waals surface area contributed by atoms with Crippen molar-refractivity contribution in [3.8, 4) is 0 Å². The Morgan fingerprint density at radius 3 is 2.60 bits per heavy atom. The van der Waals surface area contributed by atoms with Crippen molar-refractivity contribution >= 4 is 51.5 Å². The van der Waals surface area contributed by atoms with Crippen LogP contribution in [0.25, 0.3) is 0 Å². The van der Waals surface area contributed by atoms with Crippen molar-refractivity contribution in [3.05, 3.63) is 51.4 Å². The lowest BCUT2D eigenvalue weighted by Gasteiger charge is -2.13. The number of rotatable bonds is 5. The molecule has 0 saturated heterocycles. The summed E-state index contributed by atoms with van der Waals surface area (Å²) in [7, 11) is 1.27. The standard InChI is InChI=1S/C21H22N2O5S2/c1-3-28-20(26)16-14-9-4-5-10-15(14)30-18(16)23-21(29)22-17(24)12-7-6-8-13(11-12)19(25)27-2/h6-8,11H,3-5,9-10H2,1-2H3,(H2,22,23,24,29). The third-order valence-corrected chi connectivity index (χ3v) is 6.06. The Morgan fingerprint density at radius 2 is 1.87 bits per heavy atom. The molecule has 2 aromatic rings. The van der Waals surface area contributed by atoms with E-state index in [1.54, 1.807) is 25.1 Å². The maximum absolute atomic E-state index is 12.5. The molecule has 0 saturated carbocycles. The highest BCUT2D eigenvalue weighted by Crippen LogP contribution is 2.38. The maximum atomic E-state index is 12.5. The van der Waals surface area contributed by atoms with E-state index < -0.39 is 11.9 Å². The van der Waals surface area contributed by atoms with Gasteiger partial charge in [-0.1, -0.05) is 6.07 Å². The molecule has 0 fully saturated rings. The molecule has 7 nitrogen and oxygen atoms in total. The number of benzene rings is 1. The van der Waals surface area contributed by atoms with Crippen molar-refractivity contribution in [3.63, 3.8) is 0 Å². The van der Waals surface area contributed by atoms with Crippen LogP contribution in [0.5, 0.6) is 0 Å². The van der Waals surface area contributed by atoms with Crippen LogP contribution >= 0.6 is 23.6 Å². The summed E-state index contributed by atoms with van der Waals surface area (Å²) < 4.78 is 9.90. The molecule has 1 aromatic carbocycles. The van der Waals surface area contributed by atoms with Crippen LogP contribution in [0.2, 0.25) is 0 Å². The smallest absolute Gasteiger partial charge is 0.341 e. The van der Waals surface area contributed by atoms with Gasteiger partial charge in [0.25, 0.3) is 5.91 Å². The third kappa shape index (κ3) is 4.85. The number of methoxy groups -OCH3 is 1. The van der Waals surface area contributed by atoms with Gasteiger partial charge in [-0.05, 0) is 68.6 Å². The van der Waals surface area contributed by atoms with Gasteiger partial charge in [0.15, 0.2) is 5.11 Å². The summed E-state index contributed by atoms with van der Waals surface area (Å²) in [5.74, 6) is -1.40. The van der Waals surface area contributed by atoms with E-state index in [9.17, 15) is 14.4 Å². The number of aryl methyl sites for hydroxylation is 1. The molecule has 1 heterocycles.